The minimum atomic E-state index is -1.07. The first kappa shape index (κ1) is 23.0. The van der Waals surface area contributed by atoms with E-state index in [0.29, 0.717) is 5.57 Å². The molecule has 2 bridgehead atoms. The van der Waals surface area contributed by atoms with Crippen molar-refractivity contribution in [2.24, 2.45) is 0 Å². The average Bonchev–Trinajstić information content (AvgIpc) is 2.83. The van der Waals surface area contributed by atoms with Crippen LogP contribution >= 0.6 is 0 Å². The van der Waals surface area contributed by atoms with E-state index in [-0.39, 0.29) is 36.8 Å². The van der Waals surface area contributed by atoms with E-state index in [4.69, 9.17) is 4.74 Å². The van der Waals surface area contributed by atoms with Crippen LogP contribution in [-0.2, 0) is 0 Å². The summed E-state index contributed by atoms with van der Waals surface area (Å²) in [5.41, 5.74) is -0.199. The van der Waals surface area contributed by atoms with Crippen molar-refractivity contribution in [2.45, 2.75) is 13.0 Å². The molecule has 1 N–H and O–H groups in total. The summed E-state index contributed by atoms with van der Waals surface area (Å²) in [5.74, 6) is -3.28. The molecule has 1 aromatic heterocycles. The van der Waals surface area contributed by atoms with Crippen LogP contribution in [0.4, 0.5) is 8.78 Å². The van der Waals surface area contributed by atoms with Crippen LogP contribution in [0.2, 0.25) is 0 Å². The van der Waals surface area contributed by atoms with E-state index in [1.54, 1.807) is 35.4 Å². The Kier molecular flexibility index (Phi) is 6.36. The number of benzene rings is 1. The van der Waals surface area contributed by atoms with Crippen molar-refractivity contribution in [3.05, 3.63) is 106 Å². The van der Waals surface area contributed by atoms with Gasteiger partial charge in [0.1, 0.15) is 25.1 Å². The Bertz CT molecular complexity index is 1300. The van der Waals surface area contributed by atoms with Gasteiger partial charge in [0, 0.05) is 30.4 Å². The minimum Gasteiger partial charge on any atom is -0.502 e. The number of carbonyl (C=O) groups is 1. The Hall–Kier alpha value is -4.14. The lowest BCUT2D eigenvalue weighted by Gasteiger charge is -2.44. The van der Waals surface area contributed by atoms with Crippen molar-refractivity contribution < 1.29 is 23.4 Å². The standard InChI is InChI=1S/C25H23F2N3O4/c1-3-4-5-8-16(2)22-17-13-18(26)19(27)14-21(17)34-12-7-6-10-28-15-30(22)29-11-9-20(31)24(32)23(29)25(28)33/h3-9,11,13-14,22,32H,2,10,12,15H2,1H3/b4-3-,7-6-,8-5-/t22-/m1/s1. The van der Waals surface area contributed by atoms with Gasteiger partial charge in [0.2, 0.25) is 5.43 Å². The summed E-state index contributed by atoms with van der Waals surface area (Å²) in [6.45, 7) is 6.22. The smallest absolute Gasteiger partial charge is 0.278 e. The van der Waals surface area contributed by atoms with Crippen molar-refractivity contribution in [2.75, 3.05) is 24.8 Å². The Morgan fingerprint density at radius 2 is 1.97 bits per heavy atom. The molecule has 1 atom stereocenters. The van der Waals surface area contributed by atoms with Crippen LogP contribution in [-0.4, -0.2) is 40.4 Å². The largest absolute Gasteiger partial charge is 0.502 e. The molecule has 0 saturated carbocycles. The predicted octanol–water partition coefficient (Wildman–Crippen LogP) is 3.56. The highest BCUT2D eigenvalue weighted by molar-refractivity contribution is 5.96. The van der Waals surface area contributed by atoms with E-state index in [2.05, 4.69) is 6.58 Å². The maximum Gasteiger partial charge on any atom is 0.278 e. The fourth-order valence-corrected chi connectivity index (χ4v) is 3.96. The highest BCUT2D eigenvalue weighted by Crippen LogP contribution is 2.38. The molecule has 2 aromatic rings. The number of hydrogen-bond donors (Lipinski definition) is 1. The first-order valence-electron chi connectivity index (χ1n) is 10.6. The fraction of sp³-hybridized carbons (Fsp3) is 0.200. The van der Waals surface area contributed by atoms with Gasteiger partial charge in [0.05, 0.1) is 0 Å². The van der Waals surface area contributed by atoms with Gasteiger partial charge in [-0.25, -0.2) is 8.78 Å². The topological polar surface area (TPSA) is 75.0 Å². The Morgan fingerprint density at radius 3 is 2.74 bits per heavy atom. The van der Waals surface area contributed by atoms with Crippen molar-refractivity contribution in [3.63, 3.8) is 0 Å². The normalized spacial score (nSPS) is 18.9. The number of carbonyl (C=O) groups excluding carboxylic acids is 1. The molecular formula is C25H23F2N3O4. The fourth-order valence-electron chi connectivity index (χ4n) is 3.96. The summed E-state index contributed by atoms with van der Waals surface area (Å²) in [6, 6.07) is 2.29. The Balaban J connectivity index is 2.00. The van der Waals surface area contributed by atoms with E-state index in [9.17, 15) is 23.5 Å². The molecule has 0 aliphatic carbocycles. The van der Waals surface area contributed by atoms with Crippen LogP contribution in [0.5, 0.6) is 11.5 Å². The Morgan fingerprint density at radius 1 is 1.21 bits per heavy atom. The number of allylic oxidation sites excluding steroid dienone is 3. The molecule has 176 valence electrons. The second-order valence-electron chi connectivity index (χ2n) is 7.78. The van der Waals surface area contributed by atoms with Gasteiger partial charge < -0.3 is 14.7 Å². The molecule has 0 saturated heterocycles. The van der Waals surface area contributed by atoms with Gasteiger partial charge in [0.15, 0.2) is 23.1 Å². The molecule has 0 spiro atoms. The lowest BCUT2D eigenvalue weighted by molar-refractivity contribution is 0.0701. The second-order valence-corrected chi connectivity index (χ2v) is 7.78. The third-order valence-electron chi connectivity index (χ3n) is 5.57. The third-order valence-corrected chi connectivity index (χ3v) is 5.57. The zero-order valence-electron chi connectivity index (χ0n) is 18.4. The van der Waals surface area contributed by atoms with Crippen molar-refractivity contribution >= 4 is 5.91 Å². The van der Waals surface area contributed by atoms with Gasteiger partial charge in [-0.1, -0.05) is 37.0 Å². The van der Waals surface area contributed by atoms with Crippen LogP contribution in [0, 0.1) is 11.6 Å². The summed E-state index contributed by atoms with van der Waals surface area (Å²) in [4.78, 5) is 26.7. The first-order chi connectivity index (χ1) is 16.3. The molecule has 2 aliphatic heterocycles. The summed E-state index contributed by atoms with van der Waals surface area (Å²) in [7, 11) is 0. The second kappa shape index (κ2) is 9.38. The zero-order chi connectivity index (χ0) is 24.4. The highest BCUT2D eigenvalue weighted by Gasteiger charge is 2.37. The Labute approximate surface area is 194 Å². The van der Waals surface area contributed by atoms with Crippen LogP contribution in [0.15, 0.2) is 77.8 Å². The van der Waals surface area contributed by atoms with Gasteiger partial charge in [0.25, 0.3) is 5.91 Å². The van der Waals surface area contributed by atoms with E-state index >= 15 is 0 Å². The molecular weight excluding hydrogens is 444 g/mol. The number of fused-ring (bicyclic) bond motifs is 5. The predicted molar refractivity (Wildman–Crippen MR) is 123 cm³/mol. The van der Waals surface area contributed by atoms with Crippen LogP contribution in [0.1, 0.15) is 29.0 Å². The summed E-state index contributed by atoms with van der Waals surface area (Å²) in [6.07, 6.45) is 11.7. The number of pyridine rings is 1. The van der Waals surface area contributed by atoms with Gasteiger partial charge in [-0.3, -0.25) is 19.3 Å². The number of aromatic hydroxyl groups is 1. The van der Waals surface area contributed by atoms with Crippen LogP contribution in [0.3, 0.4) is 0 Å². The van der Waals surface area contributed by atoms with Gasteiger partial charge in [-0.15, -0.1) is 0 Å². The van der Waals surface area contributed by atoms with Gasteiger partial charge >= 0.3 is 0 Å². The molecule has 0 fully saturated rings. The molecule has 9 heteroatoms. The number of amides is 1. The first-order valence-corrected chi connectivity index (χ1v) is 10.6. The lowest BCUT2D eigenvalue weighted by Crippen LogP contribution is -2.55. The molecule has 0 unspecified atom stereocenters. The number of aromatic nitrogens is 1. The molecule has 1 aromatic carbocycles. The van der Waals surface area contributed by atoms with E-state index in [0.717, 1.165) is 18.2 Å². The quantitative estimate of drug-likeness (QED) is 0.552. The van der Waals surface area contributed by atoms with Gasteiger partial charge in [-0.05, 0) is 24.6 Å². The lowest BCUT2D eigenvalue weighted by atomic mass is 9.97. The van der Waals surface area contributed by atoms with E-state index in [1.807, 2.05) is 13.0 Å². The number of hydrogen-bond acceptors (Lipinski definition) is 5. The molecule has 1 amide bonds. The maximum atomic E-state index is 14.5. The molecule has 0 radical (unpaired) electrons. The summed E-state index contributed by atoms with van der Waals surface area (Å²) in [5, 5.41) is 12.1. The van der Waals surface area contributed by atoms with Gasteiger partial charge in [-0.2, -0.15) is 0 Å². The van der Waals surface area contributed by atoms with Crippen LogP contribution in [0.25, 0.3) is 0 Å². The third kappa shape index (κ3) is 4.12. The van der Waals surface area contributed by atoms with E-state index < -0.39 is 34.8 Å². The summed E-state index contributed by atoms with van der Waals surface area (Å²) >= 11 is 0. The molecule has 4 rings (SSSR count). The minimum absolute atomic E-state index is 0.0120. The SMILES string of the molecule is C=C(/C=C\C=C/C)[C@@H]1c2cc(F)c(F)cc2OC/C=C\CN2CN1n1ccc(=O)c(O)c1C2=O. The molecule has 3 heterocycles. The average molecular weight is 467 g/mol. The number of halogens is 2. The van der Waals surface area contributed by atoms with Crippen molar-refractivity contribution in [1.29, 1.82) is 0 Å². The number of nitrogens with zero attached hydrogens (tertiary/aromatic N) is 3. The molecule has 2 aliphatic rings. The van der Waals surface area contributed by atoms with Crippen molar-refractivity contribution in [3.8, 4) is 11.5 Å². The monoisotopic (exact) mass is 467 g/mol. The summed E-state index contributed by atoms with van der Waals surface area (Å²) < 4.78 is 35.7. The highest BCUT2D eigenvalue weighted by atomic mass is 19.2. The number of ether oxygens (including phenoxy) is 1. The van der Waals surface area contributed by atoms with Crippen molar-refractivity contribution in [1.82, 2.24) is 9.58 Å². The maximum absolute atomic E-state index is 14.5. The number of rotatable bonds is 3. The van der Waals surface area contributed by atoms with E-state index in [1.165, 1.54) is 15.8 Å². The molecule has 34 heavy (non-hydrogen) atoms. The zero-order valence-corrected chi connectivity index (χ0v) is 18.4. The molecule has 7 nitrogen and oxygen atoms in total. The van der Waals surface area contributed by atoms with Crippen LogP contribution < -0.4 is 15.2 Å².